The topological polar surface area (TPSA) is 63.2 Å². The molecule has 2 rings (SSSR count). The van der Waals surface area contributed by atoms with Gasteiger partial charge in [-0.05, 0) is 30.0 Å². The van der Waals surface area contributed by atoms with Crippen LogP contribution in [0.4, 0.5) is 0 Å². The first kappa shape index (κ1) is 12.6. The number of halogens is 1. The molecule has 92 valence electrons. The lowest BCUT2D eigenvalue weighted by Gasteiger charge is -2.02. The van der Waals surface area contributed by atoms with Gasteiger partial charge in [0.15, 0.2) is 0 Å². The van der Waals surface area contributed by atoms with Gasteiger partial charge in [-0.15, -0.1) is 0 Å². The van der Waals surface area contributed by atoms with Gasteiger partial charge < -0.3 is 0 Å². The molecule has 1 amide bonds. The first-order chi connectivity index (χ1) is 7.87. The zero-order chi connectivity index (χ0) is 12.6. The molecule has 4 nitrogen and oxygen atoms in total. The highest BCUT2D eigenvalue weighted by Gasteiger charge is 2.44. The van der Waals surface area contributed by atoms with Crippen LogP contribution < -0.4 is 4.72 Å². The van der Waals surface area contributed by atoms with E-state index in [1.165, 1.54) is 0 Å². The first-order valence-electron chi connectivity index (χ1n) is 5.14. The van der Waals surface area contributed by atoms with Gasteiger partial charge >= 0.3 is 0 Å². The van der Waals surface area contributed by atoms with E-state index in [9.17, 15) is 13.2 Å². The molecule has 0 bridgehead atoms. The summed E-state index contributed by atoms with van der Waals surface area (Å²) >= 11 is 3.37. The van der Waals surface area contributed by atoms with E-state index in [1.807, 2.05) is 29.0 Å². The summed E-state index contributed by atoms with van der Waals surface area (Å²) in [5.74, 6) is -0.495. The number of hydrogen-bond acceptors (Lipinski definition) is 3. The van der Waals surface area contributed by atoms with Gasteiger partial charge in [0, 0.05) is 10.4 Å². The minimum absolute atomic E-state index is 0.134. The Bertz CT molecular complexity index is 556. The Balaban J connectivity index is 2.04. The predicted octanol–water partition coefficient (Wildman–Crippen LogP) is 1.63. The summed E-state index contributed by atoms with van der Waals surface area (Å²) < 4.78 is 24.8. The molecule has 0 spiro atoms. The van der Waals surface area contributed by atoms with Gasteiger partial charge in [0.25, 0.3) is 0 Å². The molecule has 6 heteroatoms. The smallest absolute Gasteiger partial charge is 0.237 e. The number of amides is 1. The minimum Gasteiger partial charge on any atom is -0.274 e. The molecule has 0 heterocycles. The number of hydrogen-bond donors (Lipinski definition) is 1. The van der Waals surface area contributed by atoms with Gasteiger partial charge in [0.1, 0.15) is 0 Å². The summed E-state index contributed by atoms with van der Waals surface area (Å²) in [5.41, 5.74) is 1.06. The summed E-state index contributed by atoms with van der Waals surface area (Å²) in [4.78, 5) is 11.6. The normalized spacial score (nSPS) is 23.2. The standard InChI is InChI=1S/C11H12BrNO3S/c1-17(15,16)13-11(14)10-6-9(10)7-3-2-4-8(12)5-7/h2-5,9-10H,6H2,1H3,(H,13,14)/t9-,10-/m0/s1. The molecule has 1 aliphatic rings. The van der Waals surface area contributed by atoms with Gasteiger partial charge in [-0.1, -0.05) is 28.1 Å². The molecule has 0 unspecified atom stereocenters. The van der Waals surface area contributed by atoms with E-state index < -0.39 is 15.9 Å². The summed E-state index contributed by atoms with van der Waals surface area (Å²) in [7, 11) is -3.45. The molecule has 1 aromatic carbocycles. The fourth-order valence-corrected chi connectivity index (χ4v) is 2.78. The molecule has 0 radical (unpaired) electrons. The Morgan fingerprint density at radius 2 is 2.18 bits per heavy atom. The molecule has 1 aliphatic carbocycles. The van der Waals surface area contributed by atoms with Crippen molar-refractivity contribution in [2.24, 2.45) is 5.92 Å². The Kier molecular flexibility index (Phi) is 3.27. The van der Waals surface area contributed by atoms with E-state index in [1.54, 1.807) is 0 Å². The Hall–Kier alpha value is -0.880. The van der Waals surface area contributed by atoms with Crippen molar-refractivity contribution in [3.63, 3.8) is 0 Å². The second-order valence-electron chi connectivity index (χ2n) is 4.24. The quantitative estimate of drug-likeness (QED) is 0.921. The Morgan fingerprint density at radius 3 is 2.76 bits per heavy atom. The maximum atomic E-state index is 11.6. The lowest BCUT2D eigenvalue weighted by molar-refractivity contribution is -0.120. The molecule has 2 atom stereocenters. The number of carbonyl (C=O) groups is 1. The molecule has 0 aliphatic heterocycles. The van der Waals surface area contributed by atoms with Crippen LogP contribution in [0.5, 0.6) is 0 Å². The van der Waals surface area contributed by atoms with Crippen molar-refractivity contribution in [3.05, 3.63) is 34.3 Å². The fraction of sp³-hybridized carbons (Fsp3) is 0.364. The molecule has 0 aromatic heterocycles. The lowest BCUT2D eigenvalue weighted by atomic mass is 10.1. The van der Waals surface area contributed by atoms with Crippen LogP contribution in [-0.2, 0) is 14.8 Å². The predicted molar refractivity (Wildman–Crippen MR) is 68.0 cm³/mol. The van der Waals surface area contributed by atoms with Crippen molar-refractivity contribution < 1.29 is 13.2 Å². The van der Waals surface area contributed by atoms with E-state index >= 15 is 0 Å². The highest BCUT2D eigenvalue weighted by Crippen LogP contribution is 2.47. The van der Waals surface area contributed by atoms with Crippen LogP contribution in [0.3, 0.4) is 0 Å². The van der Waals surface area contributed by atoms with Crippen LogP contribution in [0.2, 0.25) is 0 Å². The average molecular weight is 318 g/mol. The second-order valence-corrected chi connectivity index (χ2v) is 6.91. The van der Waals surface area contributed by atoms with E-state index in [-0.39, 0.29) is 11.8 Å². The molecule has 1 aromatic rings. The number of carbonyl (C=O) groups excluding carboxylic acids is 1. The molecular weight excluding hydrogens is 306 g/mol. The molecule has 0 saturated heterocycles. The second kappa shape index (κ2) is 4.42. The number of sulfonamides is 1. The number of nitrogens with one attached hydrogen (secondary N) is 1. The number of rotatable bonds is 3. The van der Waals surface area contributed by atoms with Crippen molar-refractivity contribution in [1.29, 1.82) is 0 Å². The average Bonchev–Trinajstić information content (AvgIpc) is 2.94. The first-order valence-corrected chi connectivity index (χ1v) is 7.82. The number of benzene rings is 1. The SMILES string of the molecule is CS(=O)(=O)NC(=O)[C@H]1C[C@H]1c1cccc(Br)c1. The van der Waals surface area contributed by atoms with Crippen molar-refractivity contribution in [1.82, 2.24) is 4.72 Å². The maximum absolute atomic E-state index is 11.6. The van der Waals surface area contributed by atoms with Crippen LogP contribution in [0.15, 0.2) is 28.7 Å². The van der Waals surface area contributed by atoms with E-state index in [0.717, 1.165) is 16.3 Å². The van der Waals surface area contributed by atoms with Crippen molar-refractivity contribution in [2.45, 2.75) is 12.3 Å². The molecule has 1 fully saturated rings. The zero-order valence-electron chi connectivity index (χ0n) is 9.18. The largest absolute Gasteiger partial charge is 0.274 e. The van der Waals surface area contributed by atoms with E-state index in [0.29, 0.717) is 6.42 Å². The van der Waals surface area contributed by atoms with Crippen molar-refractivity contribution in [2.75, 3.05) is 6.26 Å². The lowest BCUT2D eigenvalue weighted by Crippen LogP contribution is -2.30. The van der Waals surface area contributed by atoms with Gasteiger partial charge in [-0.2, -0.15) is 0 Å². The maximum Gasteiger partial charge on any atom is 0.237 e. The summed E-state index contributed by atoms with van der Waals surface area (Å²) in [5, 5.41) is 0. The monoisotopic (exact) mass is 317 g/mol. The summed E-state index contributed by atoms with van der Waals surface area (Å²) in [6.07, 6.45) is 1.69. The molecular formula is C11H12BrNO3S. The van der Waals surface area contributed by atoms with Gasteiger partial charge in [-0.3, -0.25) is 9.52 Å². The minimum atomic E-state index is -3.45. The van der Waals surface area contributed by atoms with Gasteiger partial charge in [-0.25, -0.2) is 8.42 Å². The molecule has 1 saturated carbocycles. The summed E-state index contributed by atoms with van der Waals surface area (Å²) in [6.45, 7) is 0. The van der Waals surface area contributed by atoms with Crippen LogP contribution in [0, 0.1) is 5.92 Å². The van der Waals surface area contributed by atoms with Gasteiger partial charge in [0.05, 0.1) is 6.26 Å². The Labute approximate surface area is 109 Å². The third kappa shape index (κ3) is 3.29. The van der Waals surface area contributed by atoms with Gasteiger partial charge in [0.2, 0.25) is 15.9 Å². The highest BCUT2D eigenvalue weighted by molar-refractivity contribution is 9.10. The van der Waals surface area contributed by atoms with Crippen molar-refractivity contribution >= 4 is 31.9 Å². The van der Waals surface area contributed by atoms with E-state index in [2.05, 4.69) is 15.9 Å². The van der Waals surface area contributed by atoms with Crippen LogP contribution in [0.25, 0.3) is 0 Å². The fourth-order valence-electron chi connectivity index (χ4n) is 1.85. The molecule has 17 heavy (non-hydrogen) atoms. The zero-order valence-corrected chi connectivity index (χ0v) is 11.6. The van der Waals surface area contributed by atoms with Crippen LogP contribution in [0.1, 0.15) is 17.9 Å². The third-order valence-corrected chi connectivity index (χ3v) is 3.76. The Morgan fingerprint density at radius 1 is 1.47 bits per heavy atom. The van der Waals surface area contributed by atoms with E-state index in [4.69, 9.17) is 0 Å². The molecule has 1 N–H and O–H groups in total. The van der Waals surface area contributed by atoms with Crippen LogP contribution in [-0.4, -0.2) is 20.6 Å². The third-order valence-electron chi connectivity index (χ3n) is 2.69. The van der Waals surface area contributed by atoms with Crippen LogP contribution >= 0.6 is 15.9 Å². The van der Waals surface area contributed by atoms with Crippen molar-refractivity contribution in [3.8, 4) is 0 Å². The summed E-state index contributed by atoms with van der Waals surface area (Å²) in [6, 6.07) is 7.72. The highest BCUT2D eigenvalue weighted by atomic mass is 79.9.